The Labute approximate surface area is 174 Å². The molecular formula is C23H24FN3O3. The number of benzene rings is 2. The number of aromatic nitrogens is 1. The lowest BCUT2D eigenvalue weighted by Crippen LogP contribution is -2.30. The molecule has 7 heteroatoms. The Morgan fingerprint density at radius 1 is 1.23 bits per heavy atom. The van der Waals surface area contributed by atoms with Gasteiger partial charge in [0.1, 0.15) is 17.3 Å². The Morgan fingerprint density at radius 3 is 2.73 bits per heavy atom. The van der Waals surface area contributed by atoms with E-state index >= 15 is 0 Å². The predicted octanol–water partition coefficient (Wildman–Crippen LogP) is 3.87. The second kappa shape index (κ2) is 8.18. The molecule has 4 rings (SSSR count). The van der Waals surface area contributed by atoms with E-state index < -0.39 is 0 Å². The van der Waals surface area contributed by atoms with Crippen LogP contribution in [0.4, 0.5) is 10.1 Å². The normalized spacial score (nSPS) is 13.8. The summed E-state index contributed by atoms with van der Waals surface area (Å²) in [6.45, 7) is 3.29. The van der Waals surface area contributed by atoms with E-state index in [-0.39, 0.29) is 24.2 Å². The molecule has 0 aliphatic carbocycles. The molecule has 0 radical (unpaired) electrons. The maximum atomic E-state index is 13.5. The molecule has 30 heavy (non-hydrogen) atoms. The summed E-state index contributed by atoms with van der Waals surface area (Å²) in [6.07, 6.45) is 1.22. The molecule has 2 heterocycles. The second-order valence-corrected chi connectivity index (χ2v) is 7.29. The predicted molar refractivity (Wildman–Crippen MR) is 113 cm³/mol. The van der Waals surface area contributed by atoms with Gasteiger partial charge in [-0.3, -0.25) is 9.59 Å². The molecule has 0 spiro atoms. The van der Waals surface area contributed by atoms with Crippen LogP contribution in [-0.2, 0) is 17.9 Å². The third-order valence-electron chi connectivity index (χ3n) is 5.46. The number of nitrogens with zero attached hydrogens (tertiary/aromatic N) is 2. The Bertz CT molecular complexity index is 1120. The summed E-state index contributed by atoms with van der Waals surface area (Å²) in [4.78, 5) is 27.6. The molecule has 0 bridgehead atoms. The Morgan fingerprint density at radius 2 is 2.07 bits per heavy atom. The van der Waals surface area contributed by atoms with E-state index in [0.717, 1.165) is 17.3 Å². The fraction of sp³-hybridized carbons (Fsp3) is 0.304. The number of carbonyl (C=O) groups excluding carboxylic acids is 2. The van der Waals surface area contributed by atoms with Crippen LogP contribution >= 0.6 is 0 Å². The molecule has 156 valence electrons. The quantitative estimate of drug-likeness (QED) is 0.672. The first-order valence-corrected chi connectivity index (χ1v) is 10.1. The average molecular weight is 409 g/mol. The summed E-state index contributed by atoms with van der Waals surface area (Å²) in [5, 5.41) is 3.70. The molecule has 1 saturated heterocycles. The minimum atomic E-state index is -0.347. The number of ether oxygens (including phenoxy) is 1. The van der Waals surface area contributed by atoms with Gasteiger partial charge >= 0.3 is 0 Å². The van der Waals surface area contributed by atoms with Crippen LogP contribution in [0.5, 0.6) is 5.75 Å². The number of carbonyl (C=O) groups is 2. The molecule has 1 aliphatic heterocycles. The van der Waals surface area contributed by atoms with Crippen molar-refractivity contribution in [1.82, 2.24) is 9.88 Å². The molecule has 2 amide bonds. The molecule has 6 nitrogen and oxygen atoms in total. The van der Waals surface area contributed by atoms with E-state index in [1.807, 2.05) is 29.7 Å². The van der Waals surface area contributed by atoms with Gasteiger partial charge in [0.2, 0.25) is 5.91 Å². The van der Waals surface area contributed by atoms with Crippen molar-refractivity contribution in [3.63, 3.8) is 0 Å². The van der Waals surface area contributed by atoms with Crippen LogP contribution in [0.2, 0.25) is 0 Å². The number of amides is 2. The van der Waals surface area contributed by atoms with Crippen molar-refractivity contribution in [2.24, 2.45) is 0 Å². The summed E-state index contributed by atoms with van der Waals surface area (Å²) in [6, 6.07) is 11.8. The first-order valence-electron chi connectivity index (χ1n) is 10.1. The molecule has 1 fully saturated rings. The smallest absolute Gasteiger partial charge is 0.270 e. The highest BCUT2D eigenvalue weighted by molar-refractivity contribution is 6.14. The van der Waals surface area contributed by atoms with Crippen LogP contribution in [0.3, 0.4) is 0 Å². The van der Waals surface area contributed by atoms with Gasteiger partial charge in [-0.05, 0) is 49.2 Å². The summed E-state index contributed by atoms with van der Waals surface area (Å²) >= 11 is 0. The minimum Gasteiger partial charge on any atom is -0.497 e. The zero-order valence-corrected chi connectivity index (χ0v) is 17.1. The SMILES string of the molecule is CCn1c(C(=O)NCc2cccc(F)c2)c(N2CCCC2=O)c2cc(OC)ccc21. The van der Waals surface area contributed by atoms with E-state index in [1.165, 1.54) is 12.1 Å². The summed E-state index contributed by atoms with van der Waals surface area (Å²) in [5.41, 5.74) is 2.59. The standard InChI is InChI=1S/C23H24FN3O3/c1-3-26-19-10-9-17(30-2)13-18(19)21(27-11-5-8-20(27)28)22(26)23(29)25-14-15-6-4-7-16(24)12-15/h4,6-7,9-10,12-13H,3,5,8,11,14H2,1-2H3,(H,25,29). The van der Waals surface area contributed by atoms with E-state index in [9.17, 15) is 14.0 Å². The van der Waals surface area contributed by atoms with Gasteiger partial charge < -0.3 is 19.5 Å². The molecule has 2 aromatic carbocycles. The van der Waals surface area contributed by atoms with Gasteiger partial charge in [0.15, 0.2) is 0 Å². The van der Waals surface area contributed by atoms with Crippen LogP contribution in [0.15, 0.2) is 42.5 Å². The number of rotatable bonds is 6. The van der Waals surface area contributed by atoms with Gasteiger partial charge in [0, 0.05) is 31.4 Å². The van der Waals surface area contributed by atoms with E-state index in [1.54, 1.807) is 24.1 Å². The van der Waals surface area contributed by atoms with Crippen LogP contribution < -0.4 is 15.0 Å². The van der Waals surface area contributed by atoms with E-state index in [0.29, 0.717) is 42.2 Å². The van der Waals surface area contributed by atoms with Crippen molar-refractivity contribution < 1.29 is 18.7 Å². The number of fused-ring (bicyclic) bond motifs is 1. The van der Waals surface area contributed by atoms with Crippen molar-refractivity contribution >= 4 is 28.4 Å². The van der Waals surface area contributed by atoms with Gasteiger partial charge in [0.25, 0.3) is 5.91 Å². The first-order chi connectivity index (χ1) is 14.5. The number of halogens is 1. The molecule has 0 saturated carbocycles. The molecule has 1 aliphatic rings. The van der Waals surface area contributed by atoms with Crippen LogP contribution in [-0.4, -0.2) is 30.0 Å². The average Bonchev–Trinajstić information content (AvgIpc) is 3.31. The lowest BCUT2D eigenvalue weighted by molar-refractivity contribution is -0.117. The summed E-state index contributed by atoms with van der Waals surface area (Å²) < 4.78 is 20.8. The molecule has 0 unspecified atom stereocenters. The molecule has 1 aromatic heterocycles. The fourth-order valence-electron chi connectivity index (χ4n) is 4.07. The Kier molecular flexibility index (Phi) is 5.44. The Hall–Kier alpha value is -3.35. The summed E-state index contributed by atoms with van der Waals surface area (Å²) in [7, 11) is 1.59. The molecular weight excluding hydrogens is 385 g/mol. The number of nitrogens with one attached hydrogen (secondary N) is 1. The molecule has 3 aromatic rings. The van der Waals surface area contributed by atoms with E-state index in [2.05, 4.69) is 5.32 Å². The maximum Gasteiger partial charge on any atom is 0.270 e. The molecule has 0 atom stereocenters. The minimum absolute atomic E-state index is 0.00662. The van der Waals surface area contributed by atoms with Crippen molar-refractivity contribution in [2.45, 2.75) is 32.9 Å². The fourth-order valence-corrected chi connectivity index (χ4v) is 4.07. The van der Waals surface area contributed by atoms with Crippen molar-refractivity contribution in [3.05, 3.63) is 59.5 Å². The monoisotopic (exact) mass is 409 g/mol. The highest BCUT2D eigenvalue weighted by atomic mass is 19.1. The first kappa shape index (κ1) is 19.9. The molecule has 1 N–H and O–H groups in total. The Balaban J connectivity index is 1.80. The van der Waals surface area contributed by atoms with Crippen LogP contribution in [0.25, 0.3) is 10.9 Å². The topological polar surface area (TPSA) is 63.6 Å². The van der Waals surface area contributed by atoms with Crippen molar-refractivity contribution in [2.75, 3.05) is 18.6 Å². The zero-order chi connectivity index (χ0) is 21.3. The number of methoxy groups -OCH3 is 1. The number of hydrogen-bond acceptors (Lipinski definition) is 3. The number of hydrogen-bond donors (Lipinski definition) is 1. The lowest BCUT2D eigenvalue weighted by Gasteiger charge is -2.18. The number of aryl methyl sites for hydroxylation is 1. The van der Waals surface area contributed by atoms with Crippen molar-refractivity contribution in [1.29, 1.82) is 0 Å². The maximum absolute atomic E-state index is 13.5. The highest BCUT2D eigenvalue weighted by Crippen LogP contribution is 2.38. The van der Waals surface area contributed by atoms with Gasteiger partial charge in [-0.15, -0.1) is 0 Å². The van der Waals surface area contributed by atoms with Crippen LogP contribution in [0.1, 0.15) is 35.8 Å². The lowest BCUT2D eigenvalue weighted by atomic mass is 10.1. The third-order valence-corrected chi connectivity index (χ3v) is 5.46. The van der Waals surface area contributed by atoms with Gasteiger partial charge in [-0.25, -0.2) is 4.39 Å². The van der Waals surface area contributed by atoms with Crippen molar-refractivity contribution in [3.8, 4) is 5.75 Å². The highest BCUT2D eigenvalue weighted by Gasteiger charge is 2.31. The largest absolute Gasteiger partial charge is 0.497 e. The number of anilines is 1. The van der Waals surface area contributed by atoms with Gasteiger partial charge in [-0.1, -0.05) is 12.1 Å². The second-order valence-electron chi connectivity index (χ2n) is 7.29. The van der Waals surface area contributed by atoms with Crippen LogP contribution in [0, 0.1) is 5.82 Å². The third kappa shape index (κ3) is 3.51. The zero-order valence-electron chi connectivity index (χ0n) is 17.1. The van der Waals surface area contributed by atoms with E-state index in [4.69, 9.17) is 4.74 Å². The summed E-state index contributed by atoms with van der Waals surface area (Å²) in [5.74, 6) is 0.0216. The van der Waals surface area contributed by atoms with Gasteiger partial charge in [0.05, 0.1) is 18.3 Å². The van der Waals surface area contributed by atoms with Gasteiger partial charge in [-0.2, -0.15) is 0 Å².